The Hall–Kier alpha value is -4.85. The molecule has 5 rings (SSSR count). The Morgan fingerprint density at radius 1 is 0.897 bits per heavy atom. The molecular formula is C31H29N3O5. The van der Waals surface area contributed by atoms with Crippen LogP contribution in [0.25, 0.3) is 0 Å². The van der Waals surface area contributed by atoms with Crippen molar-refractivity contribution in [2.24, 2.45) is 0 Å². The molecule has 0 bridgehead atoms. The number of amides is 3. The number of hydrogen-bond acceptors (Lipinski definition) is 5. The number of likely N-dealkylation sites (N-methyl/N-ethyl adjacent to an activating group) is 1. The van der Waals surface area contributed by atoms with Gasteiger partial charge in [-0.05, 0) is 47.9 Å². The molecule has 1 saturated heterocycles. The fourth-order valence-corrected chi connectivity index (χ4v) is 4.60. The minimum absolute atomic E-state index is 0.197. The predicted octanol–water partition coefficient (Wildman–Crippen LogP) is 5.56. The van der Waals surface area contributed by atoms with Crippen LogP contribution in [0.5, 0.6) is 0 Å². The highest BCUT2D eigenvalue weighted by atomic mass is 16.6. The molecule has 1 N–H and O–H groups in total. The summed E-state index contributed by atoms with van der Waals surface area (Å²) in [6.07, 6.45) is 0.0616. The zero-order chi connectivity index (χ0) is 27.4. The summed E-state index contributed by atoms with van der Waals surface area (Å²) in [5.74, 6) is -0.403. The number of furan rings is 1. The Balaban J connectivity index is 1.40. The Labute approximate surface area is 226 Å². The number of carbonyl (C=O) groups excluding carboxylic acids is 3. The van der Waals surface area contributed by atoms with Gasteiger partial charge in [0.1, 0.15) is 0 Å². The van der Waals surface area contributed by atoms with Crippen molar-refractivity contribution < 1.29 is 23.5 Å². The Morgan fingerprint density at radius 2 is 1.62 bits per heavy atom. The summed E-state index contributed by atoms with van der Waals surface area (Å²) >= 11 is 0. The van der Waals surface area contributed by atoms with Crippen LogP contribution in [0.2, 0.25) is 0 Å². The zero-order valence-corrected chi connectivity index (χ0v) is 21.7. The second-order valence-corrected chi connectivity index (χ2v) is 9.60. The number of cyclic esters (lactones) is 1. The van der Waals surface area contributed by atoms with Crippen molar-refractivity contribution in [2.75, 3.05) is 12.4 Å². The van der Waals surface area contributed by atoms with Gasteiger partial charge in [-0.3, -0.25) is 14.5 Å². The lowest BCUT2D eigenvalue weighted by molar-refractivity contribution is -0.136. The van der Waals surface area contributed by atoms with Crippen LogP contribution in [-0.2, 0) is 22.6 Å². The number of nitrogens with zero attached hydrogens (tertiary/aromatic N) is 2. The van der Waals surface area contributed by atoms with Gasteiger partial charge in [-0.1, -0.05) is 72.3 Å². The summed E-state index contributed by atoms with van der Waals surface area (Å²) in [6, 6.07) is 26.8. The van der Waals surface area contributed by atoms with E-state index >= 15 is 0 Å². The predicted molar refractivity (Wildman–Crippen MR) is 146 cm³/mol. The minimum atomic E-state index is -0.865. The van der Waals surface area contributed by atoms with E-state index in [1.54, 1.807) is 48.3 Å². The van der Waals surface area contributed by atoms with Gasteiger partial charge in [0.25, 0.3) is 5.91 Å². The van der Waals surface area contributed by atoms with Crippen LogP contribution in [-0.4, -0.2) is 40.8 Å². The van der Waals surface area contributed by atoms with Crippen molar-refractivity contribution in [3.8, 4) is 0 Å². The summed E-state index contributed by atoms with van der Waals surface area (Å²) in [5.41, 5.74) is 4.19. The third kappa shape index (κ3) is 5.85. The van der Waals surface area contributed by atoms with E-state index in [0.29, 0.717) is 17.8 Å². The molecular weight excluding hydrogens is 494 g/mol. The van der Waals surface area contributed by atoms with Gasteiger partial charge in [-0.25, -0.2) is 4.79 Å². The van der Waals surface area contributed by atoms with Crippen molar-refractivity contribution in [1.29, 1.82) is 0 Å². The molecule has 0 radical (unpaired) electrons. The molecule has 8 heteroatoms. The Morgan fingerprint density at radius 3 is 2.28 bits per heavy atom. The topological polar surface area (TPSA) is 92.1 Å². The van der Waals surface area contributed by atoms with Crippen LogP contribution in [0.1, 0.15) is 38.9 Å². The van der Waals surface area contributed by atoms with Gasteiger partial charge in [0.05, 0.1) is 12.8 Å². The van der Waals surface area contributed by atoms with E-state index in [1.807, 2.05) is 61.5 Å². The third-order valence-corrected chi connectivity index (χ3v) is 6.69. The first-order chi connectivity index (χ1) is 18.9. The number of nitrogens with one attached hydrogen (secondary N) is 1. The van der Waals surface area contributed by atoms with Gasteiger partial charge in [0.2, 0.25) is 5.91 Å². The molecule has 1 aliphatic rings. The van der Waals surface area contributed by atoms with Gasteiger partial charge in [0.15, 0.2) is 17.9 Å². The molecule has 2 heterocycles. The average molecular weight is 524 g/mol. The summed E-state index contributed by atoms with van der Waals surface area (Å²) in [6.45, 7) is 2.63. The molecule has 1 fully saturated rings. The molecule has 1 aliphatic heterocycles. The monoisotopic (exact) mass is 523 g/mol. The SMILES string of the molecule is Cc1ccc(CN2C(=O)O[C@H](c3ccc(NC(=O)c4ccco4)cc3)[C@H]2C(=O)N(C)Cc2ccccc2)cc1. The van der Waals surface area contributed by atoms with E-state index in [0.717, 1.165) is 16.7 Å². The lowest BCUT2D eigenvalue weighted by atomic mass is 9.99. The molecule has 2 atom stereocenters. The smallest absolute Gasteiger partial charge is 0.411 e. The van der Waals surface area contributed by atoms with Crippen LogP contribution in [0.3, 0.4) is 0 Å². The average Bonchev–Trinajstić information content (AvgIpc) is 3.59. The molecule has 4 aromatic rings. The number of rotatable bonds is 8. The van der Waals surface area contributed by atoms with Crippen molar-refractivity contribution in [2.45, 2.75) is 32.2 Å². The van der Waals surface area contributed by atoms with Gasteiger partial charge < -0.3 is 19.4 Å². The van der Waals surface area contributed by atoms with Gasteiger partial charge in [-0.15, -0.1) is 0 Å². The van der Waals surface area contributed by atoms with Gasteiger partial charge in [-0.2, -0.15) is 0 Å². The van der Waals surface area contributed by atoms with E-state index in [-0.39, 0.29) is 24.1 Å². The largest absolute Gasteiger partial charge is 0.459 e. The molecule has 3 aromatic carbocycles. The third-order valence-electron chi connectivity index (χ3n) is 6.69. The molecule has 198 valence electrons. The van der Waals surface area contributed by atoms with Gasteiger partial charge in [0, 0.05) is 19.3 Å². The highest BCUT2D eigenvalue weighted by Crippen LogP contribution is 2.35. The van der Waals surface area contributed by atoms with E-state index in [9.17, 15) is 14.4 Å². The molecule has 8 nitrogen and oxygen atoms in total. The summed E-state index contributed by atoms with van der Waals surface area (Å²) in [7, 11) is 1.73. The number of hydrogen-bond donors (Lipinski definition) is 1. The molecule has 0 spiro atoms. The maximum atomic E-state index is 13.9. The second-order valence-electron chi connectivity index (χ2n) is 9.60. The minimum Gasteiger partial charge on any atom is -0.459 e. The van der Waals surface area contributed by atoms with E-state index in [1.165, 1.54) is 11.2 Å². The standard InChI is InChI=1S/C31H29N3O5/c1-21-10-12-23(13-11-21)20-34-27(30(36)33(2)19-22-7-4-3-5-8-22)28(39-31(34)37)24-14-16-25(17-15-24)32-29(35)26-9-6-18-38-26/h3-18,27-28H,19-20H2,1-2H3,(H,32,35)/t27-,28+/m0/s1. The number of carbonyl (C=O) groups is 3. The first-order valence-corrected chi connectivity index (χ1v) is 12.7. The van der Waals surface area contributed by atoms with Crippen LogP contribution in [0.15, 0.2) is 102 Å². The van der Waals surface area contributed by atoms with Crippen LogP contribution < -0.4 is 5.32 Å². The van der Waals surface area contributed by atoms with Crippen molar-refractivity contribution >= 4 is 23.6 Å². The normalized spacial score (nSPS) is 16.6. The Bertz CT molecular complexity index is 1430. The Kier molecular flexibility index (Phi) is 7.45. The van der Waals surface area contributed by atoms with E-state index in [4.69, 9.17) is 9.15 Å². The van der Waals surface area contributed by atoms with Crippen molar-refractivity contribution in [3.63, 3.8) is 0 Å². The number of ether oxygens (including phenoxy) is 1. The molecule has 0 aliphatic carbocycles. The molecule has 3 amide bonds. The molecule has 0 saturated carbocycles. The molecule has 1 aromatic heterocycles. The summed E-state index contributed by atoms with van der Waals surface area (Å²) in [5, 5.41) is 2.77. The van der Waals surface area contributed by atoms with Gasteiger partial charge >= 0.3 is 6.09 Å². The summed E-state index contributed by atoms with van der Waals surface area (Å²) in [4.78, 5) is 42.4. The highest BCUT2D eigenvalue weighted by molar-refractivity contribution is 6.02. The zero-order valence-electron chi connectivity index (χ0n) is 21.7. The lowest BCUT2D eigenvalue weighted by Gasteiger charge is -2.28. The lowest BCUT2D eigenvalue weighted by Crippen LogP contribution is -2.46. The number of aryl methyl sites for hydroxylation is 1. The molecule has 39 heavy (non-hydrogen) atoms. The van der Waals surface area contributed by atoms with Crippen LogP contribution in [0, 0.1) is 6.92 Å². The first-order valence-electron chi connectivity index (χ1n) is 12.7. The highest BCUT2D eigenvalue weighted by Gasteiger charge is 2.48. The maximum absolute atomic E-state index is 13.9. The second kappa shape index (κ2) is 11.3. The summed E-state index contributed by atoms with van der Waals surface area (Å²) < 4.78 is 10.9. The number of anilines is 1. The quantitative estimate of drug-likeness (QED) is 0.326. The fourth-order valence-electron chi connectivity index (χ4n) is 4.60. The van der Waals surface area contributed by atoms with E-state index in [2.05, 4.69) is 5.32 Å². The molecule has 0 unspecified atom stereocenters. The number of benzene rings is 3. The first kappa shape index (κ1) is 25.8. The van der Waals surface area contributed by atoms with Crippen LogP contribution in [0.4, 0.5) is 10.5 Å². The van der Waals surface area contributed by atoms with Crippen molar-refractivity contribution in [1.82, 2.24) is 9.80 Å². The fraction of sp³-hybridized carbons (Fsp3) is 0.194. The van der Waals surface area contributed by atoms with Crippen LogP contribution >= 0.6 is 0 Å². The van der Waals surface area contributed by atoms with Crippen molar-refractivity contribution in [3.05, 3.63) is 125 Å². The maximum Gasteiger partial charge on any atom is 0.411 e. The van der Waals surface area contributed by atoms with E-state index < -0.39 is 18.2 Å².